The van der Waals surface area contributed by atoms with Gasteiger partial charge < -0.3 is 21.9 Å². The summed E-state index contributed by atoms with van der Waals surface area (Å²) < 4.78 is 0. The summed E-state index contributed by atoms with van der Waals surface area (Å²) in [7, 11) is 0. The maximum atomic E-state index is 11.4. The first kappa shape index (κ1) is 16.4. The maximum absolute atomic E-state index is 11.4. The van der Waals surface area contributed by atoms with E-state index in [1.807, 2.05) is 0 Å². The van der Waals surface area contributed by atoms with Gasteiger partial charge in [0.1, 0.15) is 6.04 Å². The van der Waals surface area contributed by atoms with E-state index < -0.39 is 17.9 Å². The van der Waals surface area contributed by atoms with E-state index in [2.05, 4.69) is 5.32 Å². The third-order valence-corrected chi connectivity index (χ3v) is 2.42. The number of nitrogens with one attached hydrogen (secondary N) is 1. The van der Waals surface area contributed by atoms with Crippen LogP contribution in [0.25, 0.3) is 0 Å². The number of unbranched alkanes of at least 4 members (excludes halogenated alkanes) is 2. The fourth-order valence-electron chi connectivity index (χ4n) is 1.42. The van der Waals surface area contributed by atoms with Crippen molar-refractivity contribution < 1.29 is 19.5 Å². The number of carboxylic acids is 1. The number of hydrogen-bond acceptors (Lipinski definition) is 4. The van der Waals surface area contributed by atoms with Crippen LogP contribution in [0.5, 0.6) is 0 Å². The Morgan fingerprint density at radius 1 is 1.11 bits per heavy atom. The zero-order chi connectivity index (χ0) is 14.0. The monoisotopic (exact) mass is 259 g/mol. The van der Waals surface area contributed by atoms with Crippen LogP contribution in [0, 0.1) is 0 Å². The molecule has 0 radical (unpaired) electrons. The normalized spacial score (nSPS) is 11.8. The van der Waals surface area contributed by atoms with E-state index in [1.54, 1.807) is 0 Å². The lowest BCUT2D eigenvalue weighted by molar-refractivity contribution is -0.142. The van der Waals surface area contributed by atoms with Crippen LogP contribution in [0.2, 0.25) is 0 Å². The van der Waals surface area contributed by atoms with Crippen LogP contribution < -0.4 is 16.8 Å². The van der Waals surface area contributed by atoms with Crippen molar-refractivity contribution in [3.63, 3.8) is 0 Å². The molecule has 0 aromatic carbocycles. The van der Waals surface area contributed by atoms with Gasteiger partial charge in [-0.25, -0.2) is 4.79 Å². The molecule has 1 atom stereocenters. The molecule has 18 heavy (non-hydrogen) atoms. The predicted molar refractivity (Wildman–Crippen MR) is 65.5 cm³/mol. The second-order valence-corrected chi connectivity index (χ2v) is 4.06. The second kappa shape index (κ2) is 9.41. The Morgan fingerprint density at radius 2 is 1.78 bits per heavy atom. The quantitative estimate of drug-likeness (QED) is 0.386. The first-order valence-corrected chi connectivity index (χ1v) is 5.98. The van der Waals surface area contributed by atoms with Gasteiger partial charge in [-0.3, -0.25) is 9.59 Å². The highest BCUT2D eigenvalue weighted by Crippen LogP contribution is 2.02. The third-order valence-electron chi connectivity index (χ3n) is 2.42. The summed E-state index contributed by atoms with van der Waals surface area (Å²) in [6, 6.07) is -1.06. The number of amides is 2. The topological polar surface area (TPSA) is 136 Å². The molecular formula is C11H21N3O4. The minimum Gasteiger partial charge on any atom is -0.480 e. The molecule has 0 saturated carbocycles. The molecule has 0 rings (SSSR count). The van der Waals surface area contributed by atoms with Gasteiger partial charge in [-0.1, -0.05) is 6.42 Å². The van der Waals surface area contributed by atoms with Gasteiger partial charge >= 0.3 is 5.97 Å². The Hall–Kier alpha value is -1.63. The minimum atomic E-state index is -1.16. The number of aliphatic carboxylic acids is 1. The predicted octanol–water partition coefficient (Wildman–Crippen LogP) is -0.660. The Bertz CT molecular complexity index is 294. The number of carboxylic acid groups (broad SMARTS) is 1. The zero-order valence-electron chi connectivity index (χ0n) is 10.4. The first-order valence-electron chi connectivity index (χ1n) is 5.98. The summed E-state index contributed by atoms with van der Waals surface area (Å²) in [6.07, 6.45) is 2.56. The number of nitrogens with two attached hydrogens (primary N) is 2. The number of carbonyl (C=O) groups is 3. The molecule has 0 aliphatic heterocycles. The van der Waals surface area contributed by atoms with E-state index in [1.165, 1.54) is 0 Å². The zero-order valence-corrected chi connectivity index (χ0v) is 10.4. The van der Waals surface area contributed by atoms with Crippen LogP contribution in [0.1, 0.15) is 38.5 Å². The van der Waals surface area contributed by atoms with E-state index in [4.69, 9.17) is 16.6 Å². The van der Waals surface area contributed by atoms with Crippen molar-refractivity contribution in [3.8, 4) is 0 Å². The van der Waals surface area contributed by atoms with E-state index in [0.29, 0.717) is 13.0 Å². The standard InChI is InChI=1S/C11H21N3O4/c12-7-3-1-2-4-10(16)14-8(11(17)18)5-6-9(13)15/h8H,1-7,12H2,(H2,13,15)(H,14,16)(H,17,18)/t8-/m1/s1. The summed E-state index contributed by atoms with van der Waals surface area (Å²) in [6.45, 7) is 0.581. The molecule has 7 nitrogen and oxygen atoms in total. The Kier molecular flexibility index (Phi) is 8.55. The van der Waals surface area contributed by atoms with Crippen LogP contribution in [-0.4, -0.2) is 35.5 Å². The summed E-state index contributed by atoms with van der Waals surface area (Å²) in [5.74, 6) is -2.08. The molecule has 2 amide bonds. The highest BCUT2D eigenvalue weighted by atomic mass is 16.4. The van der Waals surface area contributed by atoms with Crippen molar-refractivity contribution in [2.24, 2.45) is 11.5 Å². The van der Waals surface area contributed by atoms with Crippen molar-refractivity contribution in [1.29, 1.82) is 0 Å². The van der Waals surface area contributed by atoms with E-state index in [0.717, 1.165) is 12.8 Å². The average Bonchev–Trinajstić information content (AvgIpc) is 2.29. The van der Waals surface area contributed by atoms with Gasteiger partial charge in [0.25, 0.3) is 0 Å². The average molecular weight is 259 g/mol. The lowest BCUT2D eigenvalue weighted by Crippen LogP contribution is -2.41. The lowest BCUT2D eigenvalue weighted by atomic mass is 10.1. The van der Waals surface area contributed by atoms with Crippen molar-refractivity contribution in [3.05, 3.63) is 0 Å². The fourth-order valence-corrected chi connectivity index (χ4v) is 1.42. The molecule has 0 aromatic rings. The lowest BCUT2D eigenvalue weighted by Gasteiger charge is -2.13. The van der Waals surface area contributed by atoms with Gasteiger partial charge in [-0.2, -0.15) is 0 Å². The first-order chi connectivity index (χ1) is 8.47. The highest BCUT2D eigenvalue weighted by molar-refractivity contribution is 5.84. The number of rotatable bonds is 10. The van der Waals surface area contributed by atoms with Crippen molar-refractivity contribution >= 4 is 17.8 Å². The molecular weight excluding hydrogens is 238 g/mol. The number of carbonyl (C=O) groups excluding carboxylic acids is 2. The maximum Gasteiger partial charge on any atom is 0.326 e. The molecule has 7 heteroatoms. The molecule has 0 aliphatic rings. The van der Waals surface area contributed by atoms with Crippen LogP contribution in [0.3, 0.4) is 0 Å². The van der Waals surface area contributed by atoms with Gasteiger partial charge in [-0.05, 0) is 25.8 Å². The van der Waals surface area contributed by atoms with Gasteiger partial charge in [0.15, 0.2) is 0 Å². The van der Waals surface area contributed by atoms with Crippen molar-refractivity contribution in [2.75, 3.05) is 6.54 Å². The van der Waals surface area contributed by atoms with Crippen LogP contribution in [0.15, 0.2) is 0 Å². The summed E-state index contributed by atoms with van der Waals surface area (Å²) >= 11 is 0. The molecule has 6 N–H and O–H groups in total. The van der Waals surface area contributed by atoms with Crippen LogP contribution in [0.4, 0.5) is 0 Å². The molecule has 0 heterocycles. The molecule has 104 valence electrons. The van der Waals surface area contributed by atoms with Crippen molar-refractivity contribution in [1.82, 2.24) is 5.32 Å². The largest absolute Gasteiger partial charge is 0.480 e. The van der Waals surface area contributed by atoms with E-state index in [9.17, 15) is 14.4 Å². The molecule has 0 spiro atoms. The molecule has 0 unspecified atom stereocenters. The second-order valence-electron chi connectivity index (χ2n) is 4.06. The smallest absolute Gasteiger partial charge is 0.326 e. The van der Waals surface area contributed by atoms with Crippen LogP contribution in [-0.2, 0) is 14.4 Å². The van der Waals surface area contributed by atoms with Gasteiger partial charge in [-0.15, -0.1) is 0 Å². The molecule has 0 saturated heterocycles. The molecule has 0 aliphatic carbocycles. The third kappa shape index (κ3) is 8.51. The summed E-state index contributed by atoms with van der Waals surface area (Å²) in [4.78, 5) is 32.8. The highest BCUT2D eigenvalue weighted by Gasteiger charge is 2.19. The Labute approximate surface area is 106 Å². The number of primary amides is 1. The Morgan fingerprint density at radius 3 is 2.28 bits per heavy atom. The van der Waals surface area contributed by atoms with Gasteiger partial charge in [0, 0.05) is 12.8 Å². The fraction of sp³-hybridized carbons (Fsp3) is 0.727. The molecule has 0 aromatic heterocycles. The molecule has 0 fully saturated rings. The van der Waals surface area contributed by atoms with Gasteiger partial charge in [0.05, 0.1) is 0 Å². The summed E-state index contributed by atoms with van der Waals surface area (Å²) in [5.41, 5.74) is 10.2. The number of hydrogen-bond donors (Lipinski definition) is 4. The minimum absolute atomic E-state index is 0.0131. The van der Waals surface area contributed by atoms with E-state index >= 15 is 0 Å². The summed E-state index contributed by atoms with van der Waals surface area (Å²) in [5, 5.41) is 11.2. The molecule has 0 bridgehead atoms. The van der Waals surface area contributed by atoms with Gasteiger partial charge in [0.2, 0.25) is 11.8 Å². The SMILES string of the molecule is NCCCCCC(=O)N[C@H](CCC(N)=O)C(=O)O. The van der Waals surface area contributed by atoms with E-state index in [-0.39, 0.29) is 25.2 Å². The Balaban J connectivity index is 3.96. The van der Waals surface area contributed by atoms with Crippen LogP contribution >= 0.6 is 0 Å². The van der Waals surface area contributed by atoms with Crippen molar-refractivity contribution in [2.45, 2.75) is 44.6 Å².